The van der Waals surface area contributed by atoms with E-state index in [0.717, 1.165) is 43.1 Å². The van der Waals surface area contributed by atoms with E-state index in [9.17, 15) is 20.2 Å². The summed E-state index contributed by atoms with van der Waals surface area (Å²) in [5.74, 6) is 6.37. The van der Waals surface area contributed by atoms with Gasteiger partial charge in [-0.2, -0.15) is 0 Å². The van der Waals surface area contributed by atoms with Crippen LogP contribution in [-0.2, 0) is 11.3 Å². The zero-order chi connectivity index (χ0) is 22.9. The third kappa shape index (κ3) is 6.49. The van der Waals surface area contributed by atoms with Gasteiger partial charge in [-0.3, -0.25) is 25.2 Å². The Labute approximate surface area is 186 Å². The molecule has 9 nitrogen and oxygen atoms in total. The number of benzene rings is 1. The van der Waals surface area contributed by atoms with Crippen molar-refractivity contribution in [1.82, 2.24) is 4.98 Å². The number of non-ortho nitro benzene ring substituents is 2. The number of nitro groups is 2. The monoisotopic (exact) mass is 438 g/mol. The summed E-state index contributed by atoms with van der Waals surface area (Å²) >= 11 is 0. The Hall–Kier alpha value is -3.51. The first kappa shape index (κ1) is 23.2. The van der Waals surface area contributed by atoms with E-state index >= 15 is 0 Å². The minimum atomic E-state index is -0.638. The van der Waals surface area contributed by atoms with Crippen LogP contribution in [0, 0.1) is 32.1 Å². The number of hydrogen-bond donors (Lipinski definition) is 0. The van der Waals surface area contributed by atoms with Gasteiger partial charge in [0.15, 0.2) is 0 Å². The van der Waals surface area contributed by atoms with Crippen LogP contribution in [0.3, 0.4) is 0 Å². The molecule has 0 unspecified atom stereocenters. The van der Waals surface area contributed by atoms with Crippen LogP contribution in [0.25, 0.3) is 0 Å². The predicted octanol–water partition coefficient (Wildman–Crippen LogP) is 4.63. The summed E-state index contributed by atoms with van der Waals surface area (Å²) in [6.07, 6.45) is 8.61. The second-order valence-corrected chi connectivity index (χ2v) is 7.73. The lowest BCUT2D eigenvalue weighted by molar-refractivity contribution is -0.394. The van der Waals surface area contributed by atoms with Gasteiger partial charge in [0.1, 0.15) is 0 Å². The van der Waals surface area contributed by atoms with Gasteiger partial charge in [0, 0.05) is 43.4 Å². The van der Waals surface area contributed by atoms with Gasteiger partial charge in [-0.25, -0.2) is 0 Å². The zero-order valence-corrected chi connectivity index (χ0v) is 18.0. The van der Waals surface area contributed by atoms with Crippen molar-refractivity contribution >= 4 is 17.1 Å². The maximum Gasteiger partial charge on any atom is 0.276 e. The topological polar surface area (TPSA) is 112 Å². The highest BCUT2D eigenvalue weighted by molar-refractivity contribution is 5.51. The van der Waals surface area contributed by atoms with Crippen molar-refractivity contribution in [3.05, 3.63) is 68.0 Å². The molecule has 0 amide bonds. The maximum atomic E-state index is 11.0. The molecule has 1 atom stereocenters. The van der Waals surface area contributed by atoms with Crippen molar-refractivity contribution in [2.24, 2.45) is 0 Å². The molecule has 168 valence electrons. The Balaban J connectivity index is 1.58. The maximum absolute atomic E-state index is 11.0. The van der Waals surface area contributed by atoms with Gasteiger partial charge in [0.2, 0.25) is 0 Å². The third-order valence-electron chi connectivity index (χ3n) is 5.24. The molecule has 0 bridgehead atoms. The second-order valence-electron chi connectivity index (χ2n) is 7.73. The minimum absolute atomic E-state index is 0.0720. The number of pyridine rings is 1. The Bertz CT molecular complexity index is 998. The van der Waals surface area contributed by atoms with E-state index in [1.165, 1.54) is 25.0 Å². The van der Waals surface area contributed by atoms with Gasteiger partial charge in [-0.05, 0) is 24.5 Å². The van der Waals surface area contributed by atoms with Crippen LogP contribution >= 0.6 is 0 Å². The largest absolute Gasteiger partial charge is 0.372 e. The molecule has 1 aliphatic heterocycles. The predicted molar refractivity (Wildman–Crippen MR) is 120 cm³/mol. The van der Waals surface area contributed by atoms with Gasteiger partial charge in [0.05, 0.1) is 40.5 Å². The third-order valence-corrected chi connectivity index (χ3v) is 5.24. The van der Waals surface area contributed by atoms with E-state index in [1.807, 2.05) is 6.07 Å². The standard InChI is InChI=1S/C23H26N4O5/c1-2-3-4-5-6-7-18-10-22(15-24-14-18)25-9-8-23(16-25)32-17-19-11-20(26(28)29)13-21(12-19)27(30)31/h10-15,23H,2-5,8-9,16-17H2,1H3/t23-/m1/s1. The highest BCUT2D eigenvalue weighted by Crippen LogP contribution is 2.26. The summed E-state index contributed by atoms with van der Waals surface area (Å²) in [4.78, 5) is 27.3. The fraction of sp³-hybridized carbons (Fsp3) is 0.435. The molecule has 0 spiro atoms. The molecule has 1 aliphatic rings. The van der Waals surface area contributed by atoms with E-state index in [-0.39, 0.29) is 24.1 Å². The van der Waals surface area contributed by atoms with Crippen LogP contribution in [0.2, 0.25) is 0 Å². The summed E-state index contributed by atoms with van der Waals surface area (Å²) in [7, 11) is 0. The lowest BCUT2D eigenvalue weighted by atomic mass is 10.2. The molecule has 0 radical (unpaired) electrons. The van der Waals surface area contributed by atoms with Crippen LogP contribution in [0.5, 0.6) is 0 Å². The van der Waals surface area contributed by atoms with Crippen molar-refractivity contribution in [1.29, 1.82) is 0 Å². The quantitative estimate of drug-likeness (QED) is 0.243. The molecule has 1 fully saturated rings. The second kappa shape index (κ2) is 11.2. The van der Waals surface area contributed by atoms with E-state index in [2.05, 4.69) is 28.6 Å². The number of unbranched alkanes of at least 4 members (excludes halogenated alkanes) is 3. The summed E-state index contributed by atoms with van der Waals surface area (Å²) in [6.45, 7) is 3.67. The van der Waals surface area contributed by atoms with Gasteiger partial charge in [-0.15, -0.1) is 0 Å². The zero-order valence-electron chi connectivity index (χ0n) is 18.0. The van der Waals surface area contributed by atoms with Crippen molar-refractivity contribution in [3.8, 4) is 11.8 Å². The molecule has 9 heteroatoms. The summed E-state index contributed by atoms with van der Waals surface area (Å²) in [5, 5.41) is 22.1. The molecular weight excluding hydrogens is 412 g/mol. The molecule has 2 heterocycles. The van der Waals surface area contributed by atoms with Crippen LogP contribution in [0.4, 0.5) is 17.1 Å². The Morgan fingerprint density at radius 2 is 1.88 bits per heavy atom. The molecule has 3 rings (SSSR count). The average Bonchev–Trinajstić information content (AvgIpc) is 3.27. The highest BCUT2D eigenvalue weighted by Gasteiger charge is 2.24. The molecule has 1 aromatic carbocycles. The molecule has 0 saturated carbocycles. The molecule has 32 heavy (non-hydrogen) atoms. The van der Waals surface area contributed by atoms with Crippen LogP contribution in [0.1, 0.15) is 50.2 Å². The van der Waals surface area contributed by atoms with Crippen molar-refractivity contribution in [2.75, 3.05) is 18.0 Å². The summed E-state index contributed by atoms with van der Waals surface area (Å²) in [5.41, 5.74) is 1.63. The van der Waals surface area contributed by atoms with Crippen molar-refractivity contribution in [3.63, 3.8) is 0 Å². The van der Waals surface area contributed by atoms with Gasteiger partial charge >= 0.3 is 0 Å². The number of rotatable bonds is 9. The summed E-state index contributed by atoms with van der Waals surface area (Å²) < 4.78 is 5.91. The van der Waals surface area contributed by atoms with Gasteiger partial charge < -0.3 is 9.64 Å². The molecular formula is C23H26N4O5. The SMILES string of the molecule is CCCCCC#Cc1cncc(N2CC[C@@H](OCc3cc([N+](=O)[O-])cc([N+](=O)[O-])c3)C2)c1. The smallest absolute Gasteiger partial charge is 0.276 e. The van der Waals surface area contributed by atoms with E-state index in [0.29, 0.717) is 12.1 Å². The number of aromatic nitrogens is 1. The van der Waals surface area contributed by atoms with E-state index in [1.54, 1.807) is 12.4 Å². The van der Waals surface area contributed by atoms with Crippen LogP contribution in [0.15, 0.2) is 36.7 Å². The lowest BCUT2D eigenvalue weighted by Crippen LogP contribution is -2.23. The fourth-order valence-corrected chi connectivity index (χ4v) is 3.56. The van der Waals surface area contributed by atoms with E-state index in [4.69, 9.17) is 4.74 Å². The molecule has 2 aromatic rings. The molecule has 0 N–H and O–H groups in total. The normalized spacial score (nSPS) is 15.3. The van der Waals surface area contributed by atoms with Crippen LogP contribution < -0.4 is 4.90 Å². The van der Waals surface area contributed by atoms with E-state index < -0.39 is 9.85 Å². The Morgan fingerprint density at radius 1 is 1.12 bits per heavy atom. The Kier molecular flexibility index (Phi) is 8.11. The lowest BCUT2D eigenvalue weighted by Gasteiger charge is -2.18. The molecule has 1 saturated heterocycles. The minimum Gasteiger partial charge on any atom is -0.372 e. The van der Waals surface area contributed by atoms with Crippen molar-refractivity contribution < 1.29 is 14.6 Å². The van der Waals surface area contributed by atoms with Gasteiger partial charge in [-0.1, -0.05) is 31.6 Å². The number of nitro benzene ring substituents is 2. The first-order chi connectivity index (χ1) is 15.5. The van der Waals surface area contributed by atoms with Crippen LogP contribution in [-0.4, -0.2) is 34.0 Å². The Morgan fingerprint density at radius 3 is 2.56 bits per heavy atom. The molecule has 1 aromatic heterocycles. The summed E-state index contributed by atoms with van der Waals surface area (Å²) in [6, 6.07) is 5.60. The molecule has 0 aliphatic carbocycles. The number of anilines is 1. The number of nitrogens with zero attached hydrogens (tertiary/aromatic N) is 4. The first-order valence-corrected chi connectivity index (χ1v) is 10.7. The first-order valence-electron chi connectivity index (χ1n) is 10.7. The number of hydrogen-bond acceptors (Lipinski definition) is 7. The number of ether oxygens (including phenoxy) is 1. The van der Waals surface area contributed by atoms with Gasteiger partial charge in [0.25, 0.3) is 11.4 Å². The highest BCUT2D eigenvalue weighted by atomic mass is 16.6. The average molecular weight is 438 g/mol. The fourth-order valence-electron chi connectivity index (χ4n) is 3.56. The van der Waals surface area contributed by atoms with Crippen molar-refractivity contribution in [2.45, 2.75) is 51.7 Å².